The molecule has 14 nitrogen and oxygen atoms in total. The summed E-state index contributed by atoms with van der Waals surface area (Å²) in [6, 6.07) is -0.391. The normalized spacial score (nSPS) is 25.3. The summed E-state index contributed by atoms with van der Waals surface area (Å²) in [6.45, 7) is 0.327. The van der Waals surface area contributed by atoms with Crippen LogP contribution in [0.1, 0.15) is 5.82 Å². The lowest BCUT2D eigenvalue weighted by molar-refractivity contribution is -0.135. The van der Waals surface area contributed by atoms with Gasteiger partial charge in [-0.05, 0) is 0 Å². The first-order valence-electron chi connectivity index (χ1n) is 9.69. The molecule has 17 heteroatoms. The number of oxime groups is 1. The van der Waals surface area contributed by atoms with Crippen molar-refractivity contribution in [2.75, 3.05) is 38.0 Å². The van der Waals surface area contributed by atoms with Crippen LogP contribution in [0.15, 0.2) is 21.5 Å². The van der Waals surface area contributed by atoms with Crippen LogP contribution in [0.25, 0.3) is 0 Å². The van der Waals surface area contributed by atoms with Crippen LogP contribution in [-0.4, -0.2) is 98.1 Å². The van der Waals surface area contributed by atoms with Gasteiger partial charge in [0.25, 0.3) is 12.8 Å². The number of nitrogen functional groups attached to an aromatic ring is 1. The van der Waals surface area contributed by atoms with Crippen molar-refractivity contribution in [3.8, 4) is 0 Å². The Morgan fingerprint density at radius 1 is 1.48 bits per heavy atom. The minimum absolute atomic E-state index is 0.0878. The van der Waals surface area contributed by atoms with Gasteiger partial charge in [0.05, 0.1) is 24.2 Å². The summed E-state index contributed by atoms with van der Waals surface area (Å²) in [6.07, 6.45) is 1.10. The van der Waals surface area contributed by atoms with Crippen LogP contribution in [0.5, 0.6) is 0 Å². The minimum atomic E-state index is -1.23. The number of nitrogens with zero attached hydrogens (tertiary/aromatic N) is 6. The number of anilines is 1. The molecule has 1 aromatic rings. The number of aromatic nitrogens is 2. The van der Waals surface area contributed by atoms with Gasteiger partial charge < -0.3 is 25.9 Å². The number of nitrogens with two attached hydrogens (primary N) is 2. The summed E-state index contributed by atoms with van der Waals surface area (Å²) < 4.78 is 16.3. The molecular formula is C16H21FN10O4S2. The Kier molecular flexibility index (Phi) is 6.91. The number of hydrogen-bond acceptors (Lipinski definition) is 14. The second-order valence-electron chi connectivity index (χ2n) is 7.05. The lowest BCUT2D eigenvalue weighted by atomic mass is 10.0. The molecule has 3 atom stereocenters. The molecule has 178 valence electrons. The van der Waals surface area contributed by atoms with Gasteiger partial charge in [-0.2, -0.15) is 14.5 Å². The molecule has 0 bridgehead atoms. The molecule has 3 aliphatic rings. The molecule has 0 aliphatic carbocycles. The van der Waals surface area contributed by atoms with E-state index in [9.17, 15) is 19.1 Å². The predicted molar refractivity (Wildman–Crippen MR) is 119 cm³/mol. The second kappa shape index (κ2) is 9.86. The van der Waals surface area contributed by atoms with Crippen LogP contribution >= 0.6 is 23.3 Å². The van der Waals surface area contributed by atoms with Crippen molar-refractivity contribution >= 4 is 52.2 Å². The van der Waals surface area contributed by atoms with Crippen molar-refractivity contribution in [1.29, 1.82) is 0 Å². The Hall–Kier alpha value is -3.02. The van der Waals surface area contributed by atoms with E-state index < -0.39 is 31.1 Å². The largest absolute Gasteiger partial charge is 0.477 e. The third-order valence-corrected chi connectivity index (χ3v) is 6.96. The number of rotatable bonds is 8. The number of aliphatic carboxylic acids is 1. The van der Waals surface area contributed by atoms with Crippen LogP contribution in [0, 0.1) is 0 Å². The molecule has 0 aromatic carbocycles. The standard InChI is InChI=1S/C16H21FN10O4S2/c17-6-31-24-9(11-23-16(19)33-25-11)12(28)22-8-4-26-10(14(29)30)7(5-32-13(8)26)3-21-27-2-1-20-15(27)18/h3,8,13,15,20H,1-2,4-6,18H2,(H,22,28)(H,29,30)(H2,19,23,25)/b21-3+,24-9+. The van der Waals surface area contributed by atoms with Gasteiger partial charge in [0, 0.05) is 35.9 Å². The summed E-state index contributed by atoms with van der Waals surface area (Å²) in [4.78, 5) is 34.6. The molecule has 3 unspecified atom stereocenters. The highest BCUT2D eigenvalue weighted by atomic mass is 32.2. The SMILES string of the molecule is Nc1nc(/C(=N\OCF)C(=O)NC2CN3C(C(=O)O)=C(/C=N/N4CCNC4N)CSC23)ns1. The molecule has 2 fully saturated rings. The number of carboxylic acid groups (broad SMARTS) is 1. The Morgan fingerprint density at radius 3 is 2.94 bits per heavy atom. The zero-order chi connectivity index (χ0) is 23.5. The van der Waals surface area contributed by atoms with Crippen molar-refractivity contribution in [1.82, 2.24) is 29.9 Å². The molecule has 7 N–H and O–H groups in total. The number of fused-ring (bicyclic) bond motifs is 1. The molecule has 0 saturated carbocycles. The van der Waals surface area contributed by atoms with Gasteiger partial charge in [-0.25, -0.2) is 9.18 Å². The highest BCUT2D eigenvalue weighted by Crippen LogP contribution is 2.39. The fourth-order valence-electron chi connectivity index (χ4n) is 3.50. The van der Waals surface area contributed by atoms with Gasteiger partial charge in [-0.3, -0.25) is 20.9 Å². The van der Waals surface area contributed by atoms with E-state index in [1.165, 1.54) is 18.0 Å². The molecule has 0 spiro atoms. The molecule has 1 amide bonds. The molecule has 3 aliphatic heterocycles. The van der Waals surface area contributed by atoms with Crippen LogP contribution in [0.4, 0.5) is 9.52 Å². The zero-order valence-electron chi connectivity index (χ0n) is 17.0. The van der Waals surface area contributed by atoms with E-state index >= 15 is 0 Å². The summed E-state index contributed by atoms with van der Waals surface area (Å²) >= 11 is 2.31. The third-order valence-electron chi connectivity index (χ3n) is 5.02. The molecule has 1 aromatic heterocycles. The van der Waals surface area contributed by atoms with Crippen LogP contribution in [-0.2, 0) is 14.4 Å². The number of alkyl halides is 1. The number of carbonyl (C=O) groups is 2. The average molecular weight is 501 g/mol. The fraction of sp³-hybridized carbons (Fsp3) is 0.500. The van der Waals surface area contributed by atoms with Gasteiger partial charge in [0.15, 0.2) is 5.13 Å². The molecule has 2 saturated heterocycles. The first-order valence-corrected chi connectivity index (χ1v) is 11.5. The van der Waals surface area contributed by atoms with E-state index in [-0.39, 0.29) is 34.3 Å². The van der Waals surface area contributed by atoms with E-state index in [1.54, 1.807) is 9.91 Å². The highest BCUT2D eigenvalue weighted by Gasteiger charge is 2.47. The van der Waals surface area contributed by atoms with Gasteiger partial charge in [-0.1, -0.05) is 5.16 Å². The Bertz CT molecular complexity index is 1020. The first-order chi connectivity index (χ1) is 15.9. The Labute approximate surface area is 195 Å². The number of hydrogen-bond donors (Lipinski definition) is 5. The fourth-order valence-corrected chi connectivity index (χ4v) is 5.25. The van der Waals surface area contributed by atoms with Crippen molar-refractivity contribution in [2.24, 2.45) is 16.0 Å². The van der Waals surface area contributed by atoms with E-state index in [1.807, 2.05) is 0 Å². The first kappa shape index (κ1) is 23.1. The number of hydrazone groups is 1. The van der Waals surface area contributed by atoms with Gasteiger partial charge in [-0.15, -0.1) is 11.8 Å². The third kappa shape index (κ3) is 4.85. The summed E-state index contributed by atoms with van der Waals surface area (Å²) in [7, 11) is 0. The highest BCUT2D eigenvalue weighted by molar-refractivity contribution is 8.00. The van der Waals surface area contributed by atoms with Gasteiger partial charge in [0.1, 0.15) is 12.0 Å². The quantitative estimate of drug-likeness (QED) is 0.197. The van der Waals surface area contributed by atoms with Crippen LogP contribution in [0.3, 0.4) is 0 Å². The molecule has 4 rings (SSSR count). The molecular weight excluding hydrogens is 479 g/mol. The summed E-state index contributed by atoms with van der Waals surface area (Å²) in [5.74, 6) is -1.48. The summed E-state index contributed by atoms with van der Waals surface area (Å²) in [5, 5.41) is 24.8. The van der Waals surface area contributed by atoms with Crippen LogP contribution < -0.4 is 22.1 Å². The van der Waals surface area contributed by atoms with Gasteiger partial charge >= 0.3 is 5.97 Å². The predicted octanol–water partition coefficient (Wildman–Crippen LogP) is -1.89. The van der Waals surface area contributed by atoms with Crippen molar-refractivity contribution < 1.29 is 23.9 Å². The van der Waals surface area contributed by atoms with Crippen molar-refractivity contribution in [3.05, 3.63) is 17.1 Å². The van der Waals surface area contributed by atoms with Gasteiger partial charge in [0.2, 0.25) is 11.5 Å². The maximum Gasteiger partial charge on any atom is 0.352 e. The molecule has 33 heavy (non-hydrogen) atoms. The second-order valence-corrected chi connectivity index (χ2v) is 8.94. The summed E-state index contributed by atoms with van der Waals surface area (Å²) in [5.41, 5.74) is 11.8. The Morgan fingerprint density at radius 2 is 2.30 bits per heavy atom. The number of amides is 1. The van der Waals surface area contributed by atoms with Crippen molar-refractivity contribution in [2.45, 2.75) is 17.7 Å². The number of thioether (sulfide) groups is 1. The molecule has 4 heterocycles. The number of nitrogens with one attached hydrogen (secondary N) is 2. The van der Waals surface area contributed by atoms with E-state index in [0.29, 0.717) is 24.4 Å². The number of carbonyl (C=O) groups excluding carboxylic acids is 1. The lowest BCUT2D eigenvalue weighted by Gasteiger charge is -2.51. The monoisotopic (exact) mass is 500 g/mol. The Balaban J connectivity index is 1.45. The number of carboxylic acids is 1. The number of halogens is 1. The zero-order valence-corrected chi connectivity index (χ0v) is 18.7. The van der Waals surface area contributed by atoms with Crippen LogP contribution in [0.2, 0.25) is 0 Å². The van der Waals surface area contributed by atoms with Crippen molar-refractivity contribution in [3.63, 3.8) is 0 Å². The smallest absolute Gasteiger partial charge is 0.352 e. The van der Waals surface area contributed by atoms with E-state index in [2.05, 4.69) is 35.1 Å². The maximum absolute atomic E-state index is 12.7. The topological polar surface area (TPSA) is 197 Å². The minimum Gasteiger partial charge on any atom is -0.477 e. The van der Waals surface area contributed by atoms with E-state index in [4.69, 9.17) is 11.5 Å². The average Bonchev–Trinajstić information content (AvgIpc) is 3.38. The molecule has 0 radical (unpaired) electrons. The lowest BCUT2D eigenvalue weighted by Crippen LogP contribution is -2.67. The maximum atomic E-state index is 12.7. The van der Waals surface area contributed by atoms with E-state index in [0.717, 1.165) is 11.5 Å².